The van der Waals surface area contributed by atoms with Gasteiger partial charge >= 0.3 is 5.97 Å². The van der Waals surface area contributed by atoms with E-state index in [1.807, 2.05) is 76.2 Å². The van der Waals surface area contributed by atoms with Gasteiger partial charge < -0.3 is 24.8 Å². The van der Waals surface area contributed by atoms with E-state index < -0.39 is 0 Å². The van der Waals surface area contributed by atoms with Crippen molar-refractivity contribution in [2.45, 2.75) is 69.2 Å². The fraction of sp³-hybridized carbons (Fsp3) is 0.239. The average molecular weight is 874 g/mol. The summed E-state index contributed by atoms with van der Waals surface area (Å²) in [5, 5.41) is 11.8. The highest BCUT2D eigenvalue weighted by molar-refractivity contribution is 7.16. The van der Waals surface area contributed by atoms with Crippen LogP contribution >= 0.6 is 22.7 Å². The fourth-order valence-electron chi connectivity index (χ4n) is 5.73. The van der Waals surface area contributed by atoms with E-state index in [0.717, 1.165) is 79.4 Å². The molecule has 8 aromatic rings. The Hall–Kier alpha value is -6.91. The molecule has 8 rings (SSSR count). The average Bonchev–Trinajstić information content (AvgIpc) is 4.10. The molecule has 0 radical (unpaired) electrons. The number of carbonyl (C=O) groups excluding carboxylic acids is 2. The second-order valence-electron chi connectivity index (χ2n) is 13.3. The van der Waals surface area contributed by atoms with Crippen molar-refractivity contribution in [3.05, 3.63) is 136 Å². The van der Waals surface area contributed by atoms with Crippen LogP contribution in [-0.4, -0.2) is 54.2 Å². The number of ether oxygens (including phenoxy) is 1. The van der Waals surface area contributed by atoms with E-state index in [2.05, 4.69) is 55.5 Å². The summed E-state index contributed by atoms with van der Waals surface area (Å²) in [6.07, 6.45) is 7.92. The normalized spacial score (nSPS) is 10.2. The molecular weight excluding hydrogens is 823 g/mol. The summed E-state index contributed by atoms with van der Waals surface area (Å²) in [5.74, 6) is 1.03. The first-order valence-electron chi connectivity index (χ1n) is 18.9. The van der Waals surface area contributed by atoms with Crippen molar-refractivity contribution in [3.8, 4) is 43.7 Å². The molecule has 62 heavy (non-hydrogen) atoms. The van der Waals surface area contributed by atoms with Crippen LogP contribution in [0.3, 0.4) is 0 Å². The summed E-state index contributed by atoms with van der Waals surface area (Å²) >= 11 is 3.33. The SMILES string of the molecule is C.C.CCc1sc(-c2cc(C)on2)cc1-c1ccc(C(=O)Nc2cncnc2C)cc1.CCc1sc(-c2cc(C)on2)nc1-c1ccc(C(=O)OC)cc1.Cc1ncncc1N. The summed E-state index contributed by atoms with van der Waals surface area (Å²) in [6.45, 7) is 11.7. The molecular formula is C46H51N9O5S2. The zero-order valence-electron chi connectivity index (χ0n) is 34.1. The van der Waals surface area contributed by atoms with Crippen molar-refractivity contribution < 1.29 is 23.4 Å². The molecule has 14 nitrogen and oxygen atoms in total. The van der Waals surface area contributed by atoms with Crippen molar-refractivity contribution in [1.82, 2.24) is 35.2 Å². The third kappa shape index (κ3) is 11.7. The summed E-state index contributed by atoms with van der Waals surface area (Å²) in [6, 6.07) is 20.9. The van der Waals surface area contributed by atoms with Gasteiger partial charge in [0, 0.05) is 33.0 Å². The monoisotopic (exact) mass is 873 g/mol. The number of esters is 1. The molecule has 16 heteroatoms. The van der Waals surface area contributed by atoms with Gasteiger partial charge in [-0.05, 0) is 82.0 Å². The molecule has 0 aliphatic rings. The molecule has 0 aliphatic carbocycles. The molecule has 0 fully saturated rings. The lowest BCUT2D eigenvalue weighted by molar-refractivity contribution is 0.0600. The number of hydrogen-bond donors (Lipinski definition) is 2. The molecule has 0 unspecified atom stereocenters. The van der Waals surface area contributed by atoms with Crippen LogP contribution in [0, 0.1) is 27.7 Å². The van der Waals surface area contributed by atoms with Crippen LogP contribution in [0.1, 0.15) is 82.1 Å². The lowest BCUT2D eigenvalue weighted by atomic mass is 10.0. The van der Waals surface area contributed by atoms with Crippen LogP contribution in [0.4, 0.5) is 11.4 Å². The smallest absolute Gasteiger partial charge is 0.337 e. The number of aromatic nitrogens is 7. The number of anilines is 2. The number of nitrogens with two attached hydrogens (primary N) is 1. The van der Waals surface area contributed by atoms with E-state index in [-0.39, 0.29) is 26.7 Å². The standard InChI is InChI=1S/C22H20N4O2S.C17H16N2O3S.C5H7N3.2CH4/c1-4-20-17(10-21(29-20)18-9-13(2)28-26-18)15-5-7-16(8-6-15)22(27)25-19-11-23-12-24-14(19)3;1-4-14-15(11-5-7-12(8-6-11)17(20)21-3)18-16(23-14)13-9-10(2)22-19-13;1-4-5(6)2-7-3-8-4;;/h5-12H,4H2,1-3H3,(H,25,27);5-9H,4H2,1-3H3;2-3H,6H2,1H3;2*1H4. The van der Waals surface area contributed by atoms with Gasteiger partial charge in [-0.1, -0.05) is 63.3 Å². The van der Waals surface area contributed by atoms with E-state index in [0.29, 0.717) is 22.5 Å². The van der Waals surface area contributed by atoms with Crippen molar-refractivity contribution in [2.75, 3.05) is 18.2 Å². The molecule has 6 aromatic heterocycles. The zero-order valence-corrected chi connectivity index (χ0v) is 35.8. The molecule has 322 valence electrons. The number of thiazole rings is 1. The maximum atomic E-state index is 12.5. The first-order valence-corrected chi connectivity index (χ1v) is 20.5. The highest BCUT2D eigenvalue weighted by atomic mass is 32.1. The Morgan fingerprint density at radius 2 is 1.31 bits per heavy atom. The summed E-state index contributed by atoms with van der Waals surface area (Å²) in [7, 11) is 1.37. The number of hydrogen-bond acceptors (Lipinski definition) is 15. The first-order chi connectivity index (χ1) is 29.0. The van der Waals surface area contributed by atoms with Gasteiger partial charge in [-0.25, -0.2) is 29.7 Å². The summed E-state index contributed by atoms with van der Waals surface area (Å²) in [4.78, 5) is 47.9. The highest BCUT2D eigenvalue weighted by Crippen LogP contribution is 2.38. The Balaban J connectivity index is 0.000000229. The first kappa shape index (κ1) is 47.8. The second kappa shape index (κ2) is 22.1. The number of carbonyl (C=O) groups is 2. The number of thiophene rings is 1. The number of benzene rings is 2. The minimum atomic E-state index is -0.343. The largest absolute Gasteiger partial charge is 0.465 e. The number of aryl methyl sites for hydroxylation is 6. The van der Waals surface area contributed by atoms with Gasteiger partial charge in [-0.3, -0.25) is 4.79 Å². The van der Waals surface area contributed by atoms with Crippen molar-refractivity contribution in [1.29, 1.82) is 0 Å². The predicted octanol–water partition coefficient (Wildman–Crippen LogP) is 11.1. The van der Waals surface area contributed by atoms with Gasteiger partial charge in [0.2, 0.25) is 0 Å². The van der Waals surface area contributed by atoms with E-state index in [1.54, 1.807) is 47.2 Å². The van der Waals surface area contributed by atoms with Gasteiger partial charge in [-0.15, -0.1) is 22.7 Å². The molecule has 3 N–H and O–H groups in total. The number of nitrogens with zero attached hydrogens (tertiary/aromatic N) is 7. The zero-order chi connectivity index (χ0) is 42.8. The van der Waals surface area contributed by atoms with Gasteiger partial charge in [-0.2, -0.15) is 0 Å². The maximum absolute atomic E-state index is 12.5. The topological polar surface area (TPSA) is 198 Å². The highest BCUT2D eigenvalue weighted by Gasteiger charge is 2.17. The Morgan fingerprint density at radius 1 is 0.726 bits per heavy atom. The number of nitrogen functional groups attached to an aromatic ring is 1. The van der Waals surface area contributed by atoms with Crippen LogP contribution < -0.4 is 11.1 Å². The molecule has 0 atom stereocenters. The molecule has 0 bridgehead atoms. The Labute approximate surface area is 369 Å². The third-order valence-electron chi connectivity index (χ3n) is 9.02. The molecule has 0 saturated heterocycles. The Kier molecular flexibility index (Phi) is 17.0. The van der Waals surface area contributed by atoms with Gasteiger partial charge in [0.05, 0.1) is 58.4 Å². The Bertz CT molecular complexity index is 2680. The van der Waals surface area contributed by atoms with Crippen LogP contribution in [0.5, 0.6) is 0 Å². The molecule has 0 saturated carbocycles. The van der Waals surface area contributed by atoms with Gasteiger partial charge in [0.15, 0.2) is 0 Å². The molecule has 0 aliphatic heterocycles. The van der Waals surface area contributed by atoms with Gasteiger partial charge in [0.1, 0.15) is 40.6 Å². The van der Waals surface area contributed by atoms with Crippen molar-refractivity contribution >= 4 is 45.9 Å². The quantitative estimate of drug-likeness (QED) is 0.130. The van der Waals surface area contributed by atoms with Crippen LogP contribution in [0.15, 0.2) is 101 Å². The van der Waals surface area contributed by atoms with E-state index >= 15 is 0 Å². The molecule has 2 aromatic carbocycles. The number of rotatable bonds is 9. The molecule has 6 heterocycles. The second-order valence-corrected chi connectivity index (χ2v) is 15.5. The lowest BCUT2D eigenvalue weighted by Crippen LogP contribution is -2.13. The van der Waals surface area contributed by atoms with Gasteiger partial charge in [0.25, 0.3) is 5.91 Å². The summed E-state index contributed by atoms with van der Waals surface area (Å²) < 4.78 is 15.1. The summed E-state index contributed by atoms with van der Waals surface area (Å²) in [5.41, 5.74) is 15.0. The molecule has 0 spiro atoms. The van der Waals surface area contributed by atoms with Crippen LogP contribution in [0.25, 0.3) is 43.7 Å². The van der Waals surface area contributed by atoms with Crippen LogP contribution in [-0.2, 0) is 17.6 Å². The van der Waals surface area contributed by atoms with Crippen LogP contribution in [0.2, 0.25) is 0 Å². The van der Waals surface area contributed by atoms with E-state index in [1.165, 1.54) is 29.5 Å². The minimum absolute atomic E-state index is 0. The number of amides is 1. The third-order valence-corrected chi connectivity index (χ3v) is 11.5. The van der Waals surface area contributed by atoms with Crippen molar-refractivity contribution in [2.24, 2.45) is 0 Å². The maximum Gasteiger partial charge on any atom is 0.337 e. The molecule has 1 amide bonds. The van der Waals surface area contributed by atoms with Crippen molar-refractivity contribution in [3.63, 3.8) is 0 Å². The number of nitrogens with one attached hydrogen (secondary N) is 1. The van der Waals surface area contributed by atoms with E-state index in [9.17, 15) is 9.59 Å². The fourth-order valence-corrected chi connectivity index (χ4v) is 7.78. The lowest BCUT2D eigenvalue weighted by Gasteiger charge is -2.08. The number of methoxy groups -OCH3 is 1. The minimum Gasteiger partial charge on any atom is -0.465 e. The Morgan fingerprint density at radius 3 is 1.84 bits per heavy atom. The predicted molar refractivity (Wildman–Crippen MR) is 247 cm³/mol. The van der Waals surface area contributed by atoms with E-state index in [4.69, 9.17) is 24.5 Å².